The first-order valence-electron chi connectivity index (χ1n) is 10.2. The van der Waals surface area contributed by atoms with Crippen molar-refractivity contribution in [1.29, 1.82) is 0 Å². The Morgan fingerprint density at radius 2 is 1.93 bits per heavy atom. The summed E-state index contributed by atoms with van der Waals surface area (Å²) < 4.78 is 46.2. The van der Waals surface area contributed by atoms with Crippen LogP contribution in [0.5, 0.6) is 0 Å². The molecule has 0 aromatic heterocycles. The van der Waals surface area contributed by atoms with E-state index in [2.05, 4.69) is 10.2 Å². The number of halogens is 3. The van der Waals surface area contributed by atoms with Gasteiger partial charge in [0.15, 0.2) is 0 Å². The van der Waals surface area contributed by atoms with Crippen molar-refractivity contribution in [2.45, 2.75) is 50.0 Å². The van der Waals surface area contributed by atoms with E-state index in [-0.39, 0.29) is 37.7 Å². The van der Waals surface area contributed by atoms with Crippen LogP contribution in [-0.4, -0.2) is 61.1 Å². The number of hydrogen-bond donors (Lipinski definition) is 2. The minimum absolute atomic E-state index is 0.0294. The first-order valence-corrected chi connectivity index (χ1v) is 10.2. The maximum Gasteiger partial charge on any atom is 0.418 e. The van der Waals surface area contributed by atoms with E-state index in [0.717, 1.165) is 36.6 Å². The molecule has 3 fully saturated rings. The molecule has 3 N–H and O–H groups in total. The summed E-state index contributed by atoms with van der Waals surface area (Å²) in [5.41, 5.74) is 4.68. The molecule has 7 nitrogen and oxygen atoms in total. The molecule has 1 aliphatic heterocycles. The van der Waals surface area contributed by atoms with E-state index in [1.807, 2.05) is 0 Å². The number of anilines is 2. The number of nitrogens with two attached hydrogens (primary N) is 1. The van der Waals surface area contributed by atoms with E-state index in [0.29, 0.717) is 12.1 Å². The second kappa shape index (κ2) is 8.16. The molecule has 2 amide bonds. The Hall–Kier alpha value is -2.17. The second-order valence-electron chi connectivity index (χ2n) is 7.98. The fraction of sp³-hybridized carbons (Fsp3) is 0.600. The number of amides is 2. The molecular weight excluding hydrogens is 401 g/mol. The van der Waals surface area contributed by atoms with Crippen LogP contribution in [0.2, 0.25) is 0 Å². The molecule has 1 atom stereocenters. The first kappa shape index (κ1) is 21.1. The van der Waals surface area contributed by atoms with Gasteiger partial charge in [0, 0.05) is 30.9 Å². The Morgan fingerprint density at radius 1 is 1.27 bits per heavy atom. The van der Waals surface area contributed by atoms with Gasteiger partial charge in [0.25, 0.3) is 5.91 Å². The minimum Gasteiger partial charge on any atom is -0.370 e. The monoisotopic (exact) mass is 426 g/mol. The fourth-order valence-corrected chi connectivity index (χ4v) is 3.99. The highest BCUT2D eigenvalue weighted by atomic mass is 19.4. The number of nitrogens with one attached hydrogen (secondary N) is 1. The Labute approximate surface area is 172 Å². The molecule has 3 aliphatic rings. The van der Waals surface area contributed by atoms with Crippen molar-refractivity contribution >= 4 is 23.2 Å². The second-order valence-corrected chi connectivity index (χ2v) is 7.98. The lowest BCUT2D eigenvalue weighted by Gasteiger charge is -2.31. The number of alkyl halides is 3. The Bertz CT molecular complexity index is 812. The average Bonchev–Trinajstić information content (AvgIpc) is 3.60. The van der Waals surface area contributed by atoms with Crippen LogP contribution in [0.15, 0.2) is 18.2 Å². The number of hydrogen-bond acceptors (Lipinski definition) is 5. The van der Waals surface area contributed by atoms with Crippen molar-refractivity contribution in [3.8, 4) is 0 Å². The summed E-state index contributed by atoms with van der Waals surface area (Å²) in [7, 11) is 0. The summed E-state index contributed by atoms with van der Waals surface area (Å²) in [6.07, 6.45) is -0.626. The largest absolute Gasteiger partial charge is 0.418 e. The van der Waals surface area contributed by atoms with Gasteiger partial charge in [0.2, 0.25) is 5.91 Å². The van der Waals surface area contributed by atoms with Crippen LogP contribution in [-0.2, 0) is 20.5 Å². The van der Waals surface area contributed by atoms with E-state index in [1.54, 1.807) is 0 Å². The zero-order chi connectivity index (χ0) is 21.5. The molecule has 4 rings (SSSR count). The lowest BCUT2D eigenvalue weighted by atomic mass is 10.1. The summed E-state index contributed by atoms with van der Waals surface area (Å²) >= 11 is 0. The van der Waals surface area contributed by atoms with Crippen LogP contribution in [0.25, 0.3) is 0 Å². The topological polar surface area (TPSA) is 87.9 Å². The molecule has 1 saturated heterocycles. The molecular formula is C20H25F3N4O3. The van der Waals surface area contributed by atoms with Crippen molar-refractivity contribution < 1.29 is 27.5 Å². The zero-order valence-electron chi connectivity index (χ0n) is 16.5. The molecule has 1 heterocycles. The summed E-state index contributed by atoms with van der Waals surface area (Å²) in [4.78, 5) is 28.1. The van der Waals surface area contributed by atoms with Gasteiger partial charge in [-0.25, -0.2) is 0 Å². The van der Waals surface area contributed by atoms with Crippen LogP contribution in [0.1, 0.15) is 31.2 Å². The SMILES string of the molecule is NC[C@H](C(=O)Nc1ccc(N2CCOCC2=O)c(C(F)(F)F)c1)N(C1CC1)C1CC1. The number of carbonyl (C=O) groups is 2. The fourth-order valence-electron chi connectivity index (χ4n) is 3.99. The van der Waals surface area contributed by atoms with Gasteiger partial charge in [-0.3, -0.25) is 14.5 Å². The van der Waals surface area contributed by atoms with Crippen LogP contribution in [0, 0.1) is 0 Å². The van der Waals surface area contributed by atoms with Gasteiger partial charge in [0.1, 0.15) is 12.6 Å². The highest BCUT2D eigenvalue weighted by Crippen LogP contribution is 2.40. The van der Waals surface area contributed by atoms with Gasteiger partial charge in [-0.05, 0) is 43.9 Å². The Balaban J connectivity index is 1.56. The first-order chi connectivity index (χ1) is 14.3. The van der Waals surface area contributed by atoms with Crippen molar-refractivity contribution in [3.05, 3.63) is 23.8 Å². The molecule has 0 radical (unpaired) electrons. The van der Waals surface area contributed by atoms with Crippen LogP contribution in [0.3, 0.4) is 0 Å². The number of nitrogens with zero attached hydrogens (tertiary/aromatic N) is 2. The standard InChI is InChI=1S/C20H25F3N4O3/c21-20(22,23)15-9-12(1-6-16(15)26-7-8-30-11-18(26)28)25-19(29)17(10-24)27(13-2-3-13)14-4-5-14/h1,6,9,13-14,17H,2-5,7-8,10-11,24H2,(H,25,29)/t17-/m1/s1. The highest BCUT2D eigenvalue weighted by molar-refractivity contribution is 5.98. The third kappa shape index (κ3) is 4.45. The van der Waals surface area contributed by atoms with Crippen molar-refractivity contribution in [1.82, 2.24) is 4.90 Å². The number of rotatable bonds is 7. The lowest BCUT2D eigenvalue weighted by molar-refractivity contribution is -0.137. The van der Waals surface area contributed by atoms with Crippen LogP contribution in [0.4, 0.5) is 24.5 Å². The molecule has 1 aromatic rings. The van der Waals surface area contributed by atoms with Crippen molar-refractivity contribution in [2.24, 2.45) is 5.73 Å². The molecule has 0 unspecified atom stereocenters. The summed E-state index contributed by atoms with van der Waals surface area (Å²) in [6.45, 7) is 0.0515. The number of ether oxygens (including phenoxy) is 1. The normalized spacial score (nSPS) is 21.1. The average molecular weight is 426 g/mol. The number of benzene rings is 1. The number of morpholine rings is 1. The van der Waals surface area contributed by atoms with E-state index < -0.39 is 29.6 Å². The van der Waals surface area contributed by atoms with Gasteiger partial charge in [0.05, 0.1) is 17.9 Å². The predicted molar refractivity (Wildman–Crippen MR) is 104 cm³/mol. The Morgan fingerprint density at radius 3 is 2.47 bits per heavy atom. The Kier molecular flexibility index (Phi) is 5.73. The molecule has 2 aliphatic carbocycles. The molecule has 30 heavy (non-hydrogen) atoms. The predicted octanol–water partition coefficient (Wildman–Crippen LogP) is 1.96. The quantitative estimate of drug-likeness (QED) is 0.696. The van der Waals surface area contributed by atoms with E-state index in [1.165, 1.54) is 12.1 Å². The molecule has 2 saturated carbocycles. The molecule has 0 spiro atoms. The molecule has 10 heteroatoms. The maximum atomic E-state index is 13.7. The summed E-state index contributed by atoms with van der Waals surface area (Å²) in [6, 6.07) is 3.58. The van der Waals surface area contributed by atoms with Gasteiger partial charge >= 0.3 is 6.18 Å². The molecule has 1 aromatic carbocycles. The smallest absolute Gasteiger partial charge is 0.370 e. The third-order valence-electron chi connectivity index (χ3n) is 5.67. The van der Waals surface area contributed by atoms with E-state index in [4.69, 9.17) is 10.5 Å². The van der Waals surface area contributed by atoms with Crippen molar-refractivity contribution in [3.63, 3.8) is 0 Å². The maximum absolute atomic E-state index is 13.7. The van der Waals surface area contributed by atoms with Gasteiger partial charge in [-0.1, -0.05) is 0 Å². The van der Waals surface area contributed by atoms with E-state index in [9.17, 15) is 22.8 Å². The lowest BCUT2D eigenvalue weighted by Crippen LogP contribution is -2.50. The minimum atomic E-state index is -4.68. The highest BCUT2D eigenvalue weighted by Gasteiger charge is 2.45. The summed E-state index contributed by atoms with van der Waals surface area (Å²) in [5, 5.41) is 2.60. The number of carbonyl (C=O) groups excluding carboxylic acids is 2. The third-order valence-corrected chi connectivity index (χ3v) is 5.67. The molecule has 164 valence electrons. The van der Waals surface area contributed by atoms with Gasteiger partial charge in [-0.2, -0.15) is 13.2 Å². The van der Waals surface area contributed by atoms with Crippen LogP contribution >= 0.6 is 0 Å². The molecule has 0 bridgehead atoms. The van der Waals surface area contributed by atoms with Gasteiger partial charge < -0.3 is 20.7 Å². The van der Waals surface area contributed by atoms with Gasteiger partial charge in [-0.15, -0.1) is 0 Å². The summed E-state index contributed by atoms with van der Waals surface area (Å²) in [5.74, 6) is -0.934. The van der Waals surface area contributed by atoms with E-state index >= 15 is 0 Å². The van der Waals surface area contributed by atoms with Crippen LogP contribution < -0.4 is 16.0 Å². The van der Waals surface area contributed by atoms with Crippen molar-refractivity contribution in [2.75, 3.05) is 36.5 Å². The zero-order valence-corrected chi connectivity index (χ0v) is 16.5.